The first kappa shape index (κ1) is 21.5. The van der Waals surface area contributed by atoms with Gasteiger partial charge in [-0.2, -0.15) is 0 Å². The third-order valence-electron chi connectivity index (χ3n) is 6.08. The number of aromatic nitrogens is 2. The molecule has 0 bridgehead atoms. The summed E-state index contributed by atoms with van der Waals surface area (Å²) in [4.78, 5) is 11.9. The number of nitrogens with one attached hydrogen (secondary N) is 1. The molecule has 0 unspecified atom stereocenters. The minimum atomic E-state index is 0.355. The fourth-order valence-electron chi connectivity index (χ4n) is 4.19. The van der Waals surface area contributed by atoms with Gasteiger partial charge in [0.15, 0.2) is 0 Å². The van der Waals surface area contributed by atoms with Crippen molar-refractivity contribution in [2.75, 3.05) is 19.6 Å². The highest BCUT2D eigenvalue weighted by Gasteiger charge is 2.18. The van der Waals surface area contributed by atoms with E-state index >= 15 is 0 Å². The Balaban J connectivity index is 1.40. The van der Waals surface area contributed by atoms with Crippen molar-refractivity contribution in [3.63, 3.8) is 0 Å². The summed E-state index contributed by atoms with van der Waals surface area (Å²) in [6, 6.07) is 17.1. The lowest BCUT2D eigenvalue weighted by Gasteiger charge is -2.33. The number of nitrogens with zero attached hydrogens (tertiary/aromatic N) is 3. The van der Waals surface area contributed by atoms with Gasteiger partial charge in [0, 0.05) is 50.4 Å². The van der Waals surface area contributed by atoms with Crippen LogP contribution in [0.5, 0.6) is 5.75 Å². The summed E-state index contributed by atoms with van der Waals surface area (Å²) in [6.07, 6.45) is 4.64. The largest absolute Gasteiger partial charge is 0.508 e. The van der Waals surface area contributed by atoms with E-state index in [0.717, 1.165) is 68.1 Å². The quantitative estimate of drug-likeness (QED) is 0.607. The molecule has 1 aliphatic heterocycles. The van der Waals surface area contributed by atoms with Crippen LogP contribution in [0, 0.1) is 6.92 Å². The molecule has 0 amide bonds. The zero-order valence-corrected chi connectivity index (χ0v) is 18.5. The Hall–Kier alpha value is -2.76. The summed E-state index contributed by atoms with van der Waals surface area (Å²) >= 11 is 0. The normalized spacial score (nSPS) is 17.0. The van der Waals surface area contributed by atoms with Crippen molar-refractivity contribution in [2.45, 2.75) is 45.7 Å². The van der Waals surface area contributed by atoms with E-state index in [4.69, 9.17) is 4.98 Å². The maximum atomic E-state index is 9.68. The number of piperazine rings is 1. The van der Waals surface area contributed by atoms with Crippen molar-refractivity contribution < 1.29 is 5.11 Å². The zero-order chi connectivity index (χ0) is 21.6. The molecule has 1 aliphatic rings. The van der Waals surface area contributed by atoms with E-state index in [-0.39, 0.29) is 0 Å². The van der Waals surface area contributed by atoms with Crippen LogP contribution in [0.25, 0.3) is 11.3 Å². The highest BCUT2D eigenvalue weighted by molar-refractivity contribution is 5.59. The Bertz CT molecular complexity index is 1020. The molecule has 1 fully saturated rings. The summed E-state index contributed by atoms with van der Waals surface area (Å²) in [7, 11) is 0. The lowest BCUT2D eigenvalue weighted by molar-refractivity contribution is 0.165. The van der Waals surface area contributed by atoms with Gasteiger partial charge in [-0.05, 0) is 61.6 Å². The molecule has 0 spiro atoms. The van der Waals surface area contributed by atoms with Crippen molar-refractivity contribution >= 4 is 0 Å². The van der Waals surface area contributed by atoms with Gasteiger partial charge in [-0.15, -0.1) is 0 Å². The van der Waals surface area contributed by atoms with Gasteiger partial charge < -0.3 is 10.4 Å². The minimum Gasteiger partial charge on any atom is -0.508 e. The van der Waals surface area contributed by atoms with E-state index in [1.807, 2.05) is 25.3 Å². The van der Waals surface area contributed by atoms with Crippen LogP contribution in [0.3, 0.4) is 0 Å². The van der Waals surface area contributed by atoms with Crippen LogP contribution in [0.1, 0.15) is 35.9 Å². The monoisotopic (exact) mass is 416 g/mol. The predicted octanol–water partition coefficient (Wildman–Crippen LogP) is 4.13. The van der Waals surface area contributed by atoms with Gasteiger partial charge in [0.1, 0.15) is 11.6 Å². The van der Waals surface area contributed by atoms with Gasteiger partial charge >= 0.3 is 0 Å². The zero-order valence-electron chi connectivity index (χ0n) is 18.5. The Morgan fingerprint density at radius 1 is 1.10 bits per heavy atom. The first-order valence-corrected chi connectivity index (χ1v) is 11.2. The van der Waals surface area contributed by atoms with Gasteiger partial charge in [-0.3, -0.25) is 4.90 Å². The van der Waals surface area contributed by atoms with Crippen LogP contribution in [0.2, 0.25) is 0 Å². The van der Waals surface area contributed by atoms with E-state index in [2.05, 4.69) is 52.5 Å². The standard InChI is InChI=1S/C26H32N4O/c1-19-15-21(9-10-25(19)31)5-4-8-26-28-12-11-24(29-26)23-7-3-6-22(16-23)18-30-14-13-27-17-20(30)2/h3,6-7,9-12,15-16,20,27,31H,4-5,8,13-14,17-18H2,1-2H3/t20-/m0/s1. The van der Waals surface area contributed by atoms with E-state index in [9.17, 15) is 5.11 Å². The van der Waals surface area contributed by atoms with Gasteiger partial charge in [0.2, 0.25) is 0 Å². The first-order valence-electron chi connectivity index (χ1n) is 11.2. The van der Waals surface area contributed by atoms with E-state index in [1.54, 1.807) is 6.07 Å². The van der Waals surface area contributed by atoms with Crippen LogP contribution < -0.4 is 5.32 Å². The van der Waals surface area contributed by atoms with Crippen molar-refractivity contribution in [1.82, 2.24) is 20.2 Å². The number of aromatic hydroxyl groups is 1. The van der Waals surface area contributed by atoms with Crippen LogP contribution >= 0.6 is 0 Å². The van der Waals surface area contributed by atoms with Crippen molar-refractivity contribution in [3.05, 3.63) is 77.2 Å². The summed E-state index contributed by atoms with van der Waals surface area (Å²) in [5.74, 6) is 1.24. The van der Waals surface area contributed by atoms with Crippen molar-refractivity contribution in [2.24, 2.45) is 0 Å². The molecule has 0 radical (unpaired) electrons. The fourth-order valence-corrected chi connectivity index (χ4v) is 4.19. The van der Waals surface area contributed by atoms with E-state index in [0.29, 0.717) is 11.8 Å². The number of phenols is 1. The molecular weight excluding hydrogens is 384 g/mol. The lowest BCUT2D eigenvalue weighted by Crippen LogP contribution is -2.49. The highest BCUT2D eigenvalue weighted by Crippen LogP contribution is 2.21. The van der Waals surface area contributed by atoms with Crippen molar-refractivity contribution in [3.8, 4) is 17.0 Å². The summed E-state index contributed by atoms with van der Waals surface area (Å²) < 4.78 is 0. The lowest BCUT2D eigenvalue weighted by atomic mass is 10.0. The average molecular weight is 417 g/mol. The first-order chi connectivity index (χ1) is 15.1. The van der Waals surface area contributed by atoms with E-state index < -0.39 is 0 Å². The van der Waals surface area contributed by atoms with Crippen LogP contribution in [0.4, 0.5) is 0 Å². The number of hydrogen-bond donors (Lipinski definition) is 2. The molecule has 2 heterocycles. The second-order valence-electron chi connectivity index (χ2n) is 8.56. The summed E-state index contributed by atoms with van der Waals surface area (Å²) in [5.41, 5.74) is 5.63. The van der Waals surface area contributed by atoms with Crippen molar-refractivity contribution in [1.29, 1.82) is 0 Å². The molecule has 1 saturated heterocycles. The minimum absolute atomic E-state index is 0.355. The summed E-state index contributed by atoms with van der Waals surface area (Å²) in [6.45, 7) is 8.39. The molecule has 5 heteroatoms. The molecule has 1 atom stereocenters. The smallest absolute Gasteiger partial charge is 0.128 e. The number of phenolic OH excluding ortho intramolecular Hbond substituents is 1. The number of hydrogen-bond acceptors (Lipinski definition) is 5. The molecule has 5 nitrogen and oxygen atoms in total. The maximum absolute atomic E-state index is 9.68. The van der Waals surface area contributed by atoms with Gasteiger partial charge in [0.25, 0.3) is 0 Å². The molecule has 2 N–H and O–H groups in total. The molecule has 1 aromatic heterocycles. The third kappa shape index (κ3) is 5.69. The van der Waals surface area contributed by atoms with Crippen LogP contribution in [-0.2, 0) is 19.4 Å². The molecular formula is C26H32N4O. The second-order valence-corrected chi connectivity index (χ2v) is 8.56. The molecule has 31 heavy (non-hydrogen) atoms. The molecule has 0 aliphatic carbocycles. The Morgan fingerprint density at radius 2 is 2.00 bits per heavy atom. The Labute approximate surface area is 185 Å². The Morgan fingerprint density at radius 3 is 2.84 bits per heavy atom. The average Bonchev–Trinajstić information content (AvgIpc) is 2.78. The molecule has 4 rings (SSSR count). The summed E-state index contributed by atoms with van der Waals surface area (Å²) in [5, 5.41) is 13.1. The molecule has 0 saturated carbocycles. The molecule has 2 aromatic carbocycles. The van der Waals surface area contributed by atoms with Gasteiger partial charge in [0.05, 0.1) is 5.69 Å². The highest BCUT2D eigenvalue weighted by atomic mass is 16.3. The second kappa shape index (κ2) is 10.0. The van der Waals surface area contributed by atoms with Gasteiger partial charge in [-0.25, -0.2) is 9.97 Å². The predicted molar refractivity (Wildman–Crippen MR) is 125 cm³/mol. The van der Waals surface area contributed by atoms with Crippen LogP contribution in [-0.4, -0.2) is 45.7 Å². The number of aryl methyl sites for hydroxylation is 3. The topological polar surface area (TPSA) is 61.3 Å². The molecule has 3 aromatic rings. The Kier molecular flexibility index (Phi) is 6.95. The van der Waals surface area contributed by atoms with Gasteiger partial charge in [-0.1, -0.05) is 30.3 Å². The maximum Gasteiger partial charge on any atom is 0.128 e. The SMILES string of the molecule is Cc1cc(CCCc2nccc(-c3cccc(CN4CCNC[C@@H]4C)c3)n2)ccc1O. The number of benzene rings is 2. The fraction of sp³-hybridized carbons (Fsp3) is 0.385. The number of rotatable bonds is 7. The third-order valence-corrected chi connectivity index (χ3v) is 6.08. The van der Waals surface area contributed by atoms with Crippen LogP contribution in [0.15, 0.2) is 54.7 Å². The van der Waals surface area contributed by atoms with E-state index in [1.165, 1.54) is 11.1 Å². The molecule has 162 valence electrons.